The predicted molar refractivity (Wildman–Crippen MR) is 57.7 cm³/mol. The third-order valence-corrected chi connectivity index (χ3v) is 2.18. The van der Waals surface area contributed by atoms with Crippen molar-refractivity contribution in [1.29, 1.82) is 0 Å². The van der Waals surface area contributed by atoms with Crippen LogP contribution >= 0.6 is 0 Å². The molecular formula is C12H11N2O-. The van der Waals surface area contributed by atoms with Crippen molar-refractivity contribution in [3.63, 3.8) is 0 Å². The molecule has 0 atom stereocenters. The molecule has 0 aliphatic carbocycles. The van der Waals surface area contributed by atoms with E-state index in [-0.39, 0.29) is 5.76 Å². The summed E-state index contributed by atoms with van der Waals surface area (Å²) >= 11 is 0. The Bertz CT molecular complexity index is 486. The summed E-state index contributed by atoms with van der Waals surface area (Å²) < 4.78 is 1.63. The summed E-state index contributed by atoms with van der Waals surface area (Å²) in [7, 11) is 1.79. The SMILES string of the molecule is C=C([O-])c1nn(C)cc1-c1ccccc1. The van der Waals surface area contributed by atoms with E-state index in [2.05, 4.69) is 11.7 Å². The van der Waals surface area contributed by atoms with Gasteiger partial charge >= 0.3 is 0 Å². The van der Waals surface area contributed by atoms with E-state index in [1.807, 2.05) is 36.5 Å². The Balaban J connectivity index is 2.58. The van der Waals surface area contributed by atoms with E-state index in [4.69, 9.17) is 0 Å². The Kier molecular flexibility index (Phi) is 2.29. The predicted octanol–water partition coefficient (Wildman–Crippen LogP) is 1.42. The Hall–Kier alpha value is -2.03. The van der Waals surface area contributed by atoms with Crippen molar-refractivity contribution in [2.24, 2.45) is 7.05 Å². The van der Waals surface area contributed by atoms with E-state index < -0.39 is 0 Å². The van der Waals surface area contributed by atoms with Crippen molar-refractivity contribution in [2.45, 2.75) is 0 Å². The highest BCUT2D eigenvalue weighted by molar-refractivity contribution is 5.74. The Morgan fingerprint density at radius 1 is 1.33 bits per heavy atom. The second-order valence-electron chi connectivity index (χ2n) is 3.35. The fourth-order valence-electron chi connectivity index (χ4n) is 1.52. The molecule has 0 unspecified atom stereocenters. The van der Waals surface area contributed by atoms with Gasteiger partial charge in [0.15, 0.2) is 0 Å². The summed E-state index contributed by atoms with van der Waals surface area (Å²) in [6.45, 7) is 3.39. The van der Waals surface area contributed by atoms with Crippen molar-refractivity contribution in [3.8, 4) is 11.1 Å². The van der Waals surface area contributed by atoms with E-state index in [1.54, 1.807) is 11.7 Å². The van der Waals surface area contributed by atoms with Gasteiger partial charge in [0, 0.05) is 18.8 Å². The van der Waals surface area contributed by atoms with Crippen molar-refractivity contribution in [1.82, 2.24) is 9.78 Å². The van der Waals surface area contributed by atoms with Gasteiger partial charge in [-0.2, -0.15) is 5.10 Å². The zero-order chi connectivity index (χ0) is 10.8. The molecule has 0 bridgehead atoms. The summed E-state index contributed by atoms with van der Waals surface area (Å²) in [6.07, 6.45) is 1.83. The molecule has 76 valence electrons. The van der Waals surface area contributed by atoms with Crippen LogP contribution in [0.4, 0.5) is 0 Å². The molecular weight excluding hydrogens is 188 g/mol. The molecule has 1 aromatic carbocycles. The largest absolute Gasteiger partial charge is 0.871 e. The van der Waals surface area contributed by atoms with Gasteiger partial charge in [0.2, 0.25) is 0 Å². The molecule has 1 heterocycles. The van der Waals surface area contributed by atoms with Gasteiger partial charge in [-0.1, -0.05) is 36.1 Å². The van der Waals surface area contributed by atoms with Crippen molar-refractivity contribution in [3.05, 3.63) is 48.8 Å². The minimum atomic E-state index is -0.255. The van der Waals surface area contributed by atoms with Crippen LogP contribution in [0.25, 0.3) is 16.9 Å². The first-order valence-corrected chi connectivity index (χ1v) is 4.64. The number of hydrogen-bond acceptors (Lipinski definition) is 2. The van der Waals surface area contributed by atoms with Crippen LogP contribution in [0.3, 0.4) is 0 Å². The summed E-state index contributed by atoms with van der Waals surface area (Å²) in [6, 6.07) is 9.69. The maximum absolute atomic E-state index is 11.3. The molecule has 0 amide bonds. The monoisotopic (exact) mass is 199 g/mol. The van der Waals surface area contributed by atoms with Crippen LogP contribution in [0.15, 0.2) is 43.1 Å². The zero-order valence-electron chi connectivity index (χ0n) is 8.47. The smallest absolute Gasteiger partial charge is 0.0845 e. The zero-order valence-corrected chi connectivity index (χ0v) is 8.47. The van der Waals surface area contributed by atoms with Gasteiger partial charge in [-0.15, -0.1) is 6.58 Å². The van der Waals surface area contributed by atoms with Gasteiger partial charge in [0.25, 0.3) is 0 Å². The molecule has 3 heteroatoms. The molecule has 0 aliphatic rings. The Labute approximate surface area is 88.3 Å². The lowest BCUT2D eigenvalue weighted by molar-refractivity contribution is -0.243. The number of nitrogens with zero attached hydrogens (tertiary/aromatic N) is 2. The van der Waals surface area contributed by atoms with Crippen LogP contribution in [0.2, 0.25) is 0 Å². The molecule has 0 saturated carbocycles. The second-order valence-corrected chi connectivity index (χ2v) is 3.35. The van der Waals surface area contributed by atoms with E-state index >= 15 is 0 Å². The molecule has 0 radical (unpaired) electrons. The molecule has 0 N–H and O–H groups in total. The first-order valence-electron chi connectivity index (χ1n) is 4.64. The Morgan fingerprint density at radius 3 is 2.60 bits per heavy atom. The summed E-state index contributed by atoms with van der Waals surface area (Å²) in [5.41, 5.74) is 2.24. The fraction of sp³-hybridized carbons (Fsp3) is 0.0833. The number of benzene rings is 1. The van der Waals surface area contributed by atoms with Crippen LogP contribution in [0, 0.1) is 0 Å². The van der Waals surface area contributed by atoms with E-state index in [9.17, 15) is 5.11 Å². The summed E-state index contributed by atoms with van der Waals surface area (Å²) in [5.74, 6) is -0.255. The molecule has 15 heavy (non-hydrogen) atoms. The molecule has 0 spiro atoms. The highest BCUT2D eigenvalue weighted by Crippen LogP contribution is 2.24. The number of aromatic nitrogens is 2. The molecule has 3 nitrogen and oxygen atoms in total. The summed E-state index contributed by atoms with van der Waals surface area (Å²) in [5, 5.41) is 15.4. The summed E-state index contributed by atoms with van der Waals surface area (Å²) in [4.78, 5) is 0. The maximum atomic E-state index is 11.3. The molecule has 0 fully saturated rings. The lowest BCUT2D eigenvalue weighted by atomic mass is 10.1. The van der Waals surface area contributed by atoms with Crippen LogP contribution < -0.4 is 5.11 Å². The van der Waals surface area contributed by atoms with E-state index in [0.717, 1.165) is 11.1 Å². The van der Waals surface area contributed by atoms with Crippen LogP contribution in [-0.2, 0) is 7.05 Å². The van der Waals surface area contributed by atoms with Crippen molar-refractivity contribution in [2.75, 3.05) is 0 Å². The van der Waals surface area contributed by atoms with E-state index in [0.29, 0.717) is 5.69 Å². The first-order chi connectivity index (χ1) is 7.18. The standard InChI is InChI=1S/C12H12N2O/c1-9(15)12-11(8-14(2)13-12)10-6-4-3-5-7-10/h3-8,15H,1H2,2H3/p-1. The molecule has 0 aliphatic heterocycles. The lowest BCUT2D eigenvalue weighted by Gasteiger charge is -2.08. The maximum Gasteiger partial charge on any atom is 0.0845 e. The number of rotatable bonds is 2. The van der Waals surface area contributed by atoms with Gasteiger partial charge in [-0.25, -0.2) is 0 Å². The molecule has 2 aromatic rings. The van der Waals surface area contributed by atoms with Gasteiger partial charge in [-0.05, 0) is 5.56 Å². The minimum Gasteiger partial charge on any atom is -0.871 e. The number of hydrogen-bond donors (Lipinski definition) is 0. The normalized spacial score (nSPS) is 10.2. The average Bonchev–Trinajstić information content (AvgIpc) is 2.62. The van der Waals surface area contributed by atoms with Gasteiger partial charge in [-0.3, -0.25) is 4.68 Å². The molecule has 2 rings (SSSR count). The second kappa shape index (κ2) is 3.61. The molecule has 0 saturated heterocycles. The van der Waals surface area contributed by atoms with Crippen LogP contribution in [0.5, 0.6) is 0 Å². The van der Waals surface area contributed by atoms with Gasteiger partial charge in [0.05, 0.1) is 5.69 Å². The first kappa shape index (κ1) is 9.52. The Morgan fingerprint density at radius 2 is 2.00 bits per heavy atom. The quantitative estimate of drug-likeness (QED) is 0.686. The lowest BCUT2D eigenvalue weighted by Crippen LogP contribution is -2.02. The fourth-order valence-corrected chi connectivity index (χ4v) is 1.52. The topological polar surface area (TPSA) is 40.9 Å². The average molecular weight is 199 g/mol. The van der Waals surface area contributed by atoms with E-state index in [1.165, 1.54) is 0 Å². The minimum absolute atomic E-state index is 0.255. The van der Waals surface area contributed by atoms with Gasteiger partial charge < -0.3 is 5.11 Å². The van der Waals surface area contributed by atoms with Crippen molar-refractivity contribution < 1.29 is 5.11 Å². The third-order valence-electron chi connectivity index (χ3n) is 2.18. The number of aryl methyl sites for hydroxylation is 1. The molecule has 1 aromatic heterocycles. The van der Waals surface area contributed by atoms with Gasteiger partial charge in [0.1, 0.15) is 0 Å². The third kappa shape index (κ3) is 1.76. The van der Waals surface area contributed by atoms with Crippen LogP contribution in [-0.4, -0.2) is 9.78 Å². The highest BCUT2D eigenvalue weighted by Gasteiger charge is 2.07. The van der Waals surface area contributed by atoms with Crippen LogP contribution in [0.1, 0.15) is 5.69 Å². The van der Waals surface area contributed by atoms with Crippen molar-refractivity contribution >= 4 is 5.76 Å². The highest BCUT2D eigenvalue weighted by atomic mass is 16.3.